The van der Waals surface area contributed by atoms with E-state index in [1.54, 1.807) is 0 Å². The molecule has 2 aliphatic rings. The van der Waals surface area contributed by atoms with Crippen molar-refractivity contribution >= 4 is 5.82 Å². The molecular weight excluding hydrogens is 255 g/mol. The molecule has 0 atom stereocenters. The fourth-order valence-corrected chi connectivity index (χ4v) is 2.56. The van der Waals surface area contributed by atoms with E-state index in [1.165, 1.54) is 12.8 Å². The van der Waals surface area contributed by atoms with Crippen molar-refractivity contribution in [2.24, 2.45) is 0 Å². The van der Waals surface area contributed by atoms with Crippen LogP contribution in [0.3, 0.4) is 0 Å². The molecule has 1 N–H and O–H groups in total. The molecule has 104 valence electrons. The molecule has 0 unspecified atom stereocenters. The van der Waals surface area contributed by atoms with Gasteiger partial charge in [-0.3, -0.25) is 0 Å². The van der Waals surface area contributed by atoms with Crippen molar-refractivity contribution in [2.75, 3.05) is 5.32 Å². The molecule has 1 aromatic heterocycles. The van der Waals surface area contributed by atoms with Gasteiger partial charge in [-0.1, -0.05) is 12.8 Å². The third kappa shape index (κ3) is 2.82. The lowest BCUT2D eigenvalue weighted by Gasteiger charge is -2.16. The molecule has 0 aromatic carbocycles. The molecule has 0 spiro atoms. The summed E-state index contributed by atoms with van der Waals surface area (Å²) in [5, 5.41) is 3.27. The summed E-state index contributed by atoms with van der Waals surface area (Å²) in [5.74, 6) is 0.709. The smallest absolute Gasteiger partial charge is 0.366 e. The molecule has 2 fully saturated rings. The fraction of sp³-hybridized carbons (Fsp3) is 0.692. The molecule has 0 saturated heterocycles. The maximum absolute atomic E-state index is 12.7. The zero-order valence-corrected chi connectivity index (χ0v) is 10.5. The zero-order valence-electron chi connectivity index (χ0n) is 10.5. The second-order valence-electron chi connectivity index (χ2n) is 5.39. The topological polar surface area (TPSA) is 37.8 Å². The Bertz CT molecular complexity index is 463. The first-order valence-corrected chi connectivity index (χ1v) is 6.74. The van der Waals surface area contributed by atoms with Gasteiger partial charge < -0.3 is 5.32 Å². The van der Waals surface area contributed by atoms with Crippen LogP contribution in [0.1, 0.15) is 55.8 Å². The van der Waals surface area contributed by atoms with E-state index in [0.29, 0.717) is 17.6 Å². The van der Waals surface area contributed by atoms with Crippen LogP contribution in [0, 0.1) is 0 Å². The number of halogens is 3. The summed E-state index contributed by atoms with van der Waals surface area (Å²) >= 11 is 0. The lowest BCUT2D eigenvalue weighted by Crippen LogP contribution is -2.19. The predicted molar refractivity (Wildman–Crippen MR) is 64.9 cm³/mol. The maximum Gasteiger partial charge on any atom is 0.434 e. The highest BCUT2D eigenvalue weighted by molar-refractivity contribution is 5.45. The average molecular weight is 271 g/mol. The first kappa shape index (κ1) is 12.7. The third-order valence-corrected chi connectivity index (χ3v) is 3.75. The molecule has 1 heterocycles. The van der Waals surface area contributed by atoms with Gasteiger partial charge in [0.15, 0.2) is 5.69 Å². The van der Waals surface area contributed by atoms with Gasteiger partial charge in [0.1, 0.15) is 5.82 Å². The molecule has 2 aliphatic carbocycles. The maximum atomic E-state index is 12.7. The number of rotatable bonds is 3. The summed E-state index contributed by atoms with van der Waals surface area (Å²) in [5.41, 5.74) is -0.381. The Kier molecular flexibility index (Phi) is 3.11. The van der Waals surface area contributed by atoms with Crippen molar-refractivity contribution in [1.82, 2.24) is 9.97 Å². The number of hydrogen-bond donors (Lipinski definition) is 1. The molecule has 3 nitrogen and oxygen atoms in total. The Morgan fingerprint density at radius 2 is 1.79 bits per heavy atom. The van der Waals surface area contributed by atoms with Crippen LogP contribution in [0.5, 0.6) is 0 Å². The van der Waals surface area contributed by atoms with Crippen LogP contribution in [0.2, 0.25) is 0 Å². The van der Waals surface area contributed by atoms with Crippen LogP contribution in [-0.2, 0) is 6.18 Å². The molecule has 0 aliphatic heterocycles. The quantitative estimate of drug-likeness (QED) is 0.910. The lowest BCUT2D eigenvalue weighted by atomic mass is 10.2. The number of nitrogens with one attached hydrogen (secondary N) is 1. The highest BCUT2D eigenvalue weighted by Gasteiger charge is 2.37. The van der Waals surface area contributed by atoms with Gasteiger partial charge in [-0.15, -0.1) is 0 Å². The largest absolute Gasteiger partial charge is 0.434 e. The highest BCUT2D eigenvalue weighted by atomic mass is 19.4. The summed E-state index contributed by atoms with van der Waals surface area (Å²) < 4.78 is 38.0. The van der Waals surface area contributed by atoms with Crippen LogP contribution in [0.15, 0.2) is 6.20 Å². The highest BCUT2D eigenvalue weighted by Crippen LogP contribution is 2.43. The van der Waals surface area contributed by atoms with E-state index in [1.807, 2.05) is 0 Å². The Morgan fingerprint density at radius 3 is 2.37 bits per heavy atom. The molecule has 2 saturated carbocycles. The number of hydrogen-bond acceptors (Lipinski definition) is 3. The van der Waals surface area contributed by atoms with E-state index in [0.717, 1.165) is 31.9 Å². The van der Waals surface area contributed by atoms with Crippen molar-refractivity contribution in [3.05, 3.63) is 17.6 Å². The first-order chi connectivity index (χ1) is 9.04. The Labute approximate surface area is 109 Å². The van der Waals surface area contributed by atoms with E-state index in [2.05, 4.69) is 15.3 Å². The van der Waals surface area contributed by atoms with Crippen molar-refractivity contribution in [3.8, 4) is 0 Å². The Hall–Kier alpha value is -1.33. The van der Waals surface area contributed by atoms with E-state index >= 15 is 0 Å². The summed E-state index contributed by atoms with van der Waals surface area (Å²) in [6.45, 7) is 0. The van der Waals surface area contributed by atoms with Gasteiger partial charge in [0, 0.05) is 12.0 Å². The molecular formula is C13H16F3N3. The van der Waals surface area contributed by atoms with Crippen molar-refractivity contribution in [2.45, 2.75) is 56.7 Å². The number of alkyl halides is 3. The van der Waals surface area contributed by atoms with Crippen LogP contribution >= 0.6 is 0 Å². The predicted octanol–water partition coefficient (Wildman–Crippen LogP) is 3.73. The summed E-state index contributed by atoms with van der Waals surface area (Å²) in [7, 11) is 0. The van der Waals surface area contributed by atoms with Crippen LogP contribution in [0.4, 0.5) is 19.0 Å². The van der Waals surface area contributed by atoms with Gasteiger partial charge in [-0.25, -0.2) is 9.97 Å². The Balaban J connectivity index is 1.86. The van der Waals surface area contributed by atoms with Gasteiger partial charge in [-0.05, 0) is 25.7 Å². The minimum atomic E-state index is -4.41. The van der Waals surface area contributed by atoms with E-state index < -0.39 is 11.9 Å². The first-order valence-electron chi connectivity index (χ1n) is 6.74. The third-order valence-electron chi connectivity index (χ3n) is 3.75. The zero-order chi connectivity index (χ0) is 13.5. The van der Waals surface area contributed by atoms with E-state index in [-0.39, 0.29) is 5.92 Å². The molecule has 6 heteroatoms. The minimum Gasteiger partial charge on any atom is -0.366 e. The van der Waals surface area contributed by atoms with Crippen molar-refractivity contribution in [3.63, 3.8) is 0 Å². The normalized spacial score (nSPS) is 20.8. The molecule has 0 amide bonds. The number of anilines is 1. The summed E-state index contributed by atoms with van der Waals surface area (Å²) in [6, 6.07) is 0.337. The standard InChI is InChI=1S/C13H16F3N3/c14-13(15,16)10-7-17-12(11(19-10)8-5-6-8)18-9-3-1-2-4-9/h7-9H,1-6H2,(H,17,18). The Morgan fingerprint density at radius 1 is 1.11 bits per heavy atom. The van der Waals surface area contributed by atoms with E-state index in [9.17, 15) is 13.2 Å². The van der Waals surface area contributed by atoms with Gasteiger partial charge >= 0.3 is 6.18 Å². The fourth-order valence-electron chi connectivity index (χ4n) is 2.56. The SMILES string of the molecule is FC(F)(F)c1cnc(NC2CCCC2)c(C2CC2)n1. The van der Waals surface area contributed by atoms with Gasteiger partial charge in [-0.2, -0.15) is 13.2 Å². The number of aromatic nitrogens is 2. The van der Waals surface area contributed by atoms with Gasteiger partial charge in [0.25, 0.3) is 0 Å². The molecule has 1 aromatic rings. The average Bonchev–Trinajstić information content (AvgIpc) is 3.07. The van der Waals surface area contributed by atoms with Crippen molar-refractivity contribution in [1.29, 1.82) is 0 Å². The van der Waals surface area contributed by atoms with Crippen molar-refractivity contribution < 1.29 is 13.2 Å². The molecule has 0 bridgehead atoms. The molecule has 0 radical (unpaired) electrons. The monoisotopic (exact) mass is 271 g/mol. The summed E-state index contributed by atoms with van der Waals surface area (Å²) in [6.07, 6.45) is 2.71. The number of nitrogens with zero attached hydrogens (tertiary/aromatic N) is 2. The van der Waals surface area contributed by atoms with Crippen LogP contribution in [0.25, 0.3) is 0 Å². The van der Waals surface area contributed by atoms with Gasteiger partial charge in [0.05, 0.1) is 11.9 Å². The molecule has 19 heavy (non-hydrogen) atoms. The summed E-state index contributed by atoms with van der Waals surface area (Å²) in [4.78, 5) is 7.77. The van der Waals surface area contributed by atoms with Gasteiger partial charge in [0.2, 0.25) is 0 Å². The minimum absolute atomic E-state index is 0.152. The second-order valence-corrected chi connectivity index (χ2v) is 5.39. The van der Waals surface area contributed by atoms with Crippen LogP contribution < -0.4 is 5.32 Å². The lowest BCUT2D eigenvalue weighted by molar-refractivity contribution is -0.141. The second kappa shape index (κ2) is 4.65. The molecule has 3 rings (SSSR count). The van der Waals surface area contributed by atoms with E-state index in [4.69, 9.17) is 0 Å². The van der Waals surface area contributed by atoms with Crippen LogP contribution in [-0.4, -0.2) is 16.0 Å².